The number of benzene rings is 3. The van der Waals surface area contributed by atoms with Crippen molar-refractivity contribution in [1.29, 1.82) is 5.26 Å². The summed E-state index contributed by atoms with van der Waals surface area (Å²) in [6.45, 7) is 2.23. The zero-order valence-corrected chi connectivity index (χ0v) is 17.9. The fraction of sp³-hybridized carbons (Fsp3) is 0.120. The van der Waals surface area contributed by atoms with Crippen molar-refractivity contribution in [3.63, 3.8) is 0 Å². The highest BCUT2D eigenvalue weighted by Crippen LogP contribution is 2.28. The van der Waals surface area contributed by atoms with Gasteiger partial charge in [0.05, 0.1) is 7.11 Å². The molecule has 0 fully saturated rings. The van der Waals surface area contributed by atoms with Gasteiger partial charge in [-0.25, -0.2) is 0 Å². The van der Waals surface area contributed by atoms with Crippen LogP contribution in [0.4, 0.5) is 5.69 Å². The fourth-order valence-electron chi connectivity index (χ4n) is 2.81. The third-order valence-electron chi connectivity index (χ3n) is 4.48. The normalized spacial score (nSPS) is 10.8. The summed E-state index contributed by atoms with van der Waals surface area (Å²) in [4.78, 5) is 12.6. The highest BCUT2D eigenvalue weighted by Gasteiger charge is 2.12. The number of halogens is 1. The molecule has 0 aliphatic rings. The minimum atomic E-state index is -0.497. The Bertz CT molecular complexity index is 1150. The molecule has 5 nitrogen and oxygen atoms in total. The first kappa shape index (κ1) is 21.9. The molecule has 0 spiro atoms. The van der Waals surface area contributed by atoms with Gasteiger partial charge in [-0.15, -0.1) is 0 Å². The van der Waals surface area contributed by atoms with Crippen LogP contribution >= 0.6 is 11.6 Å². The standard InChI is InChI=1S/C25H21ClN2O3/c1-17-6-9-22(10-7-17)28-25(29)20(15-27)13-19-8-11-23(30-2)14-24(19)31-16-18-4-3-5-21(26)12-18/h3-14H,16H2,1-2H3,(H,28,29)/b20-13+. The van der Waals surface area contributed by atoms with Gasteiger partial charge < -0.3 is 14.8 Å². The molecule has 156 valence electrons. The number of carbonyl (C=O) groups is 1. The van der Waals surface area contributed by atoms with Gasteiger partial charge >= 0.3 is 0 Å². The number of anilines is 1. The van der Waals surface area contributed by atoms with Crippen LogP contribution in [0.2, 0.25) is 5.02 Å². The van der Waals surface area contributed by atoms with Crippen molar-refractivity contribution in [1.82, 2.24) is 0 Å². The number of hydrogen-bond donors (Lipinski definition) is 1. The average Bonchev–Trinajstić information content (AvgIpc) is 2.78. The topological polar surface area (TPSA) is 71.3 Å². The Morgan fingerprint density at radius 1 is 1.13 bits per heavy atom. The van der Waals surface area contributed by atoms with E-state index in [1.807, 2.05) is 43.3 Å². The molecular weight excluding hydrogens is 412 g/mol. The van der Waals surface area contributed by atoms with Gasteiger partial charge in [-0.05, 0) is 55.0 Å². The monoisotopic (exact) mass is 432 g/mol. The number of hydrogen-bond acceptors (Lipinski definition) is 4. The van der Waals surface area contributed by atoms with E-state index in [4.69, 9.17) is 21.1 Å². The second kappa shape index (κ2) is 10.3. The molecule has 3 aromatic rings. The first-order valence-electron chi connectivity index (χ1n) is 9.53. The first-order chi connectivity index (χ1) is 15.0. The number of aryl methyl sites for hydroxylation is 1. The molecule has 1 amide bonds. The molecule has 31 heavy (non-hydrogen) atoms. The molecule has 3 aromatic carbocycles. The van der Waals surface area contributed by atoms with Gasteiger partial charge in [0.25, 0.3) is 5.91 Å². The average molecular weight is 433 g/mol. The molecule has 0 unspecified atom stereocenters. The number of carbonyl (C=O) groups excluding carboxylic acids is 1. The van der Waals surface area contributed by atoms with E-state index in [0.29, 0.717) is 27.8 Å². The maximum Gasteiger partial charge on any atom is 0.266 e. The number of nitriles is 1. The molecule has 3 rings (SSSR count). The maximum atomic E-state index is 12.6. The summed E-state index contributed by atoms with van der Waals surface area (Å²) in [6.07, 6.45) is 1.50. The third kappa shape index (κ3) is 6.11. The molecule has 0 aliphatic carbocycles. The van der Waals surface area contributed by atoms with E-state index >= 15 is 0 Å². The van der Waals surface area contributed by atoms with Crippen molar-refractivity contribution < 1.29 is 14.3 Å². The molecule has 0 saturated carbocycles. The Labute approximate surface area is 186 Å². The summed E-state index contributed by atoms with van der Waals surface area (Å²) < 4.78 is 11.2. The predicted octanol–water partition coefficient (Wildman–Crippen LogP) is 5.78. The van der Waals surface area contributed by atoms with Crippen LogP contribution in [0.5, 0.6) is 11.5 Å². The lowest BCUT2D eigenvalue weighted by molar-refractivity contribution is -0.112. The van der Waals surface area contributed by atoms with Crippen molar-refractivity contribution >= 4 is 29.3 Å². The lowest BCUT2D eigenvalue weighted by atomic mass is 10.1. The molecule has 0 aromatic heterocycles. The zero-order valence-electron chi connectivity index (χ0n) is 17.2. The molecule has 0 heterocycles. The fourth-order valence-corrected chi connectivity index (χ4v) is 3.03. The summed E-state index contributed by atoms with van der Waals surface area (Å²) in [5, 5.41) is 12.9. The summed E-state index contributed by atoms with van der Waals surface area (Å²) in [6, 6.07) is 21.8. The smallest absolute Gasteiger partial charge is 0.266 e. The molecule has 0 aliphatic heterocycles. The van der Waals surface area contributed by atoms with E-state index in [-0.39, 0.29) is 12.2 Å². The van der Waals surface area contributed by atoms with Gasteiger partial charge in [-0.1, -0.05) is 41.4 Å². The third-order valence-corrected chi connectivity index (χ3v) is 4.71. The minimum absolute atomic E-state index is 0.0432. The highest BCUT2D eigenvalue weighted by molar-refractivity contribution is 6.30. The summed E-state index contributed by atoms with van der Waals surface area (Å²) >= 11 is 6.04. The second-order valence-electron chi connectivity index (χ2n) is 6.81. The van der Waals surface area contributed by atoms with E-state index in [1.54, 1.807) is 43.5 Å². The predicted molar refractivity (Wildman–Crippen MR) is 122 cm³/mol. The number of rotatable bonds is 7. The van der Waals surface area contributed by atoms with E-state index in [0.717, 1.165) is 11.1 Å². The van der Waals surface area contributed by atoms with Crippen LogP contribution in [0.25, 0.3) is 6.08 Å². The van der Waals surface area contributed by atoms with Crippen molar-refractivity contribution in [2.45, 2.75) is 13.5 Å². The molecule has 0 atom stereocenters. The number of nitrogens with zero attached hydrogens (tertiary/aromatic N) is 1. The van der Waals surface area contributed by atoms with Crippen LogP contribution in [0, 0.1) is 18.3 Å². The van der Waals surface area contributed by atoms with Crippen molar-refractivity contribution in [3.8, 4) is 17.6 Å². The van der Waals surface area contributed by atoms with Gasteiger partial charge in [0, 0.05) is 22.3 Å². The van der Waals surface area contributed by atoms with Crippen LogP contribution in [-0.2, 0) is 11.4 Å². The summed E-state index contributed by atoms with van der Waals surface area (Å²) in [5.74, 6) is 0.582. The molecular formula is C25H21ClN2O3. The van der Waals surface area contributed by atoms with Crippen LogP contribution in [0.1, 0.15) is 16.7 Å². The van der Waals surface area contributed by atoms with Gasteiger partial charge in [0.2, 0.25) is 0 Å². The number of methoxy groups -OCH3 is 1. The van der Waals surface area contributed by atoms with E-state index < -0.39 is 5.91 Å². The van der Waals surface area contributed by atoms with Crippen LogP contribution in [-0.4, -0.2) is 13.0 Å². The van der Waals surface area contributed by atoms with Crippen LogP contribution < -0.4 is 14.8 Å². The molecule has 1 N–H and O–H groups in total. The summed E-state index contributed by atoms with van der Waals surface area (Å²) in [7, 11) is 1.56. The Kier molecular flexibility index (Phi) is 7.31. The van der Waals surface area contributed by atoms with Crippen molar-refractivity contribution in [3.05, 3.63) is 94.0 Å². The maximum absolute atomic E-state index is 12.6. The Morgan fingerprint density at radius 2 is 1.90 bits per heavy atom. The van der Waals surface area contributed by atoms with Gasteiger partial charge in [-0.2, -0.15) is 5.26 Å². The number of amides is 1. The highest BCUT2D eigenvalue weighted by atomic mass is 35.5. The second-order valence-corrected chi connectivity index (χ2v) is 7.25. The van der Waals surface area contributed by atoms with Crippen LogP contribution in [0.15, 0.2) is 72.3 Å². The first-order valence-corrected chi connectivity index (χ1v) is 9.91. The molecule has 0 radical (unpaired) electrons. The van der Waals surface area contributed by atoms with Gasteiger partial charge in [0.1, 0.15) is 29.7 Å². The number of nitrogens with one attached hydrogen (secondary N) is 1. The van der Waals surface area contributed by atoms with Crippen molar-refractivity contribution in [2.24, 2.45) is 0 Å². The SMILES string of the molecule is COc1ccc(/C=C(\C#N)C(=O)Nc2ccc(C)cc2)c(OCc2cccc(Cl)c2)c1. The lowest BCUT2D eigenvalue weighted by Gasteiger charge is -2.12. The quantitative estimate of drug-likeness (QED) is 0.379. The largest absolute Gasteiger partial charge is 0.497 e. The molecule has 0 saturated heterocycles. The number of ether oxygens (including phenoxy) is 2. The van der Waals surface area contributed by atoms with E-state index in [1.165, 1.54) is 6.08 Å². The van der Waals surface area contributed by atoms with Gasteiger partial charge in [-0.3, -0.25) is 4.79 Å². The van der Waals surface area contributed by atoms with E-state index in [9.17, 15) is 10.1 Å². The lowest BCUT2D eigenvalue weighted by Crippen LogP contribution is -2.13. The Balaban J connectivity index is 1.85. The van der Waals surface area contributed by atoms with Crippen LogP contribution in [0.3, 0.4) is 0 Å². The Hall–Kier alpha value is -3.75. The molecule has 6 heteroatoms. The zero-order chi connectivity index (χ0) is 22.2. The minimum Gasteiger partial charge on any atom is -0.497 e. The van der Waals surface area contributed by atoms with Gasteiger partial charge in [0.15, 0.2) is 0 Å². The van der Waals surface area contributed by atoms with Crippen molar-refractivity contribution in [2.75, 3.05) is 12.4 Å². The van der Waals surface area contributed by atoms with E-state index in [2.05, 4.69) is 5.32 Å². The Morgan fingerprint density at radius 3 is 2.58 bits per heavy atom. The summed E-state index contributed by atoms with van der Waals surface area (Å²) in [5.41, 5.74) is 3.12. The molecule has 0 bridgehead atoms.